The highest BCUT2D eigenvalue weighted by atomic mass is 19.3. The molecule has 1 atom stereocenters. The van der Waals surface area contributed by atoms with Crippen molar-refractivity contribution in [3.63, 3.8) is 0 Å². The lowest BCUT2D eigenvalue weighted by Gasteiger charge is -2.34. The van der Waals surface area contributed by atoms with Crippen molar-refractivity contribution in [1.29, 1.82) is 0 Å². The highest BCUT2D eigenvalue weighted by molar-refractivity contribution is 5.93. The fourth-order valence-electron chi connectivity index (χ4n) is 5.08. The molecule has 1 saturated carbocycles. The minimum absolute atomic E-state index is 0.0627. The van der Waals surface area contributed by atoms with E-state index in [1.54, 1.807) is 42.3 Å². The van der Waals surface area contributed by atoms with Crippen LogP contribution < -0.4 is 11.1 Å². The molecule has 200 valence electrons. The summed E-state index contributed by atoms with van der Waals surface area (Å²) in [5.41, 5.74) is 9.73. The number of anilines is 1. The molecule has 1 aliphatic carbocycles. The lowest BCUT2D eigenvalue weighted by atomic mass is 9.83. The fourth-order valence-corrected chi connectivity index (χ4v) is 5.08. The zero-order chi connectivity index (χ0) is 27.2. The van der Waals surface area contributed by atoms with E-state index in [9.17, 15) is 18.4 Å². The monoisotopic (exact) mass is 520 g/mol. The molecule has 3 N–H and O–H groups in total. The maximum Gasteiger partial charge on any atom is 0.257 e. The van der Waals surface area contributed by atoms with Crippen molar-refractivity contribution < 1.29 is 18.4 Å². The maximum atomic E-state index is 13.0. The zero-order valence-corrected chi connectivity index (χ0v) is 21.7. The first-order valence-electron chi connectivity index (χ1n) is 13.0. The summed E-state index contributed by atoms with van der Waals surface area (Å²) in [6.07, 6.45) is 3.04. The molecule has 0 unspecified atom stereocenters. The van der Waals surface area contributed by atoms with Crippen molar-refractivity contribution in [2.75, 3.05) is 12.4 Å². The molecular formula is C30H34F2N4O2. The van der Waals surface area contributed by atoms with Crippen LogP contribution in [0, 0.1) is 5.92 Å². The van der Waals surface area contributed by atoms with E-state index < -0.39 is 12.5 Å². The molecule has 1 heterocycles. The van der Waals surface area contributed by atoms with Crippen LogP contribution in [0.5, 0.6) is 0 Å². The Kier molecular flexibility index (Phi) is 8.84. The SMILES string of the molecule is CC(=O)N(C)[C@H]1CC[C@H](CC(=O)Nc2cnc(-c3ccc([C@H](N)C(F)F)cc3)c(-c3ccccc3)c2)CC1. The number of pyridine rings is 1. The summed E-state index contributed by atoms with van der Waals surface area (Å²) in [6.45, 7) is 1.58. The van der Waals surface area contributed by atoms with Crippen molar-refractivity contribution in [1.82, 2.24) is 9.88 Å². The Labute approximate surface area is 222 Å². The van der Waals surface area contributed by atoms with Gasteiger partial charge in [-0.05, 0) is 48.8 Å². The molecule has 0 bridgehead atoms. The number of nitrogens with two attached hydrogens (primary N) is 1. The van der Waals surface area contributed by atoms with Crippen molar-refractivity contribution >= 4 is 17.5 Å². The summed E-state index contributed by atoms with van der Waals surface area (Å²) < 4.78 is 26.0. The summed E-state index contributed by atoms with van der Waals surface area (Å²) in [5, 5.41) is 3.00. The molecule has 1 aliphatic rings. The highest BCUT2D eigenvalue weighted by Crippen LogP contribution is 2.34. The van der Waals surface area contributed by atoms with Gasteiger partial charge in [0.15, 0.2) is 0 Å². The Morgan fingerprint density at radius 3 is 2.29 bits per heavy atom. The Morgan fingerprint density at radius 2 is 1.68 bits per heavy atom. The van der Waals surface area contributed by atoms with Crippen LogP contribution in [0.1, 0.15) is 50.6 Å². The molecule has 2 aromatic carbocycles. The smallest absolute Gasteiger partial charge is 0.257 e. The number of rotatable bonds is 8. The topological polar surface area (TPSA) is 88.3 Å². The summed E-state index contributed by atoms with van der Waals surface area (Å²) in [4.78, 5) is 31.0. The highest BCUT2D eigenvalue weighted by Gasteiger charge is 2.26. The second-order valence-corrected chi connectivity index (χ2v) is 10.0. The second kappa shape index (κ2) is 12.3. The minimum atomic E-state index is -2.64. The number of nitrogens with one attached hydrogen (secondary N) is 1. The molecule has 6 nitrogen and oxygen atoms in total. The molecule has 0 aliphatic heterocycles. The number of aromatic nitrogens is 1. The Bertz CT molecular complexity index is 1240. The van der Waals surface area contributed by atoms with E-state index in [1.165, 1.54) is 0 Å². The summed E-state index contributed by atoms with van der Waals surface area (Å²) in [5.74, 6) is 0.293. The molecule has 3 aromatic rings. The van der Waals surface area contributed by atoms with Gasteiger partial charge < -0.3 is 16.0 Å². The van der Waals surface area contributed by atoms with E-state index in [4.69, 9.17) is 5.73 Å². The molecule has 0 radical (unpaired) electrons. The van der Waals surface area contributed by atoms with Gasteiger partial charge in [-0.3, -0.25) is 14.6 Å². The van der Waals surface area contributed by atoms with Gasteiger partial charge in [-0.15, -0.1) is 0 Å². The average Bonchev–Trinajstić information content (AvgIpc) is 2.93. The largest absolute Gasteiger partial charge is 0.343 e. The first kappa shape index (κ1) is 27.4. The summed E-state index contributed by atoms with van der Waals surface area (Å²) in [6, 6.07) is 17.2. The average molecular weight is 521 g/mol. The maximum absolute atomic E-state index is 13.0. The van der Waals surface area contributed by atoms with Gasteiger partial charge in [-0.25, -0.2) is 8.78 Å². The van der Waals surface area contributed by atoms with Crippen molar-refractivity contribution in [2.45, 2.75) is 57.5 Å². The quantitative estimate of drug-likeness (QED) is 0.379. The van der Waals surface area contributed by atoms with Gasteiger partial charge in [0, 0.05) is 37.6 Å². The number of amides is 2. The van der Waals surface area contributed by atoms with Crippen LogP contribution in [-0.2, 0) is 9.59 Å². The van der Waals surface area contributed by atoms with Gasteiger partial charge in [-0.1, -0.05) is 54.6 Å². The van der Waals surface area contributed by atoms with Crippen LogP contribution in [0.25, 0.3) is 22.4 Å². The first-order valence-corrected chi connectivity index (χ1v) is 13.0. The van der Waals surface area contributed by atoms with Gasteiger partial charge in [0.05, 0.1) is 23.6 Å². The fraction of sp³-hybridized carbons (Fsp3) is 0.367. The molecule has 0 spiro atoms. The van der Waals surface area contributed by atoms with E-state index in [0.717, 1.165) is 42.4 Å². The number of hydrogen-bond acceptors (Lipinski definition) is 4. The van der Waals surface area contributed by atoms with Crippen molar-refractivity contribution in [2.24, 2.45) is 11.7 Å². The molecule has 4 rings (SSSR count). The third-order valence-corrected chi connectivity index (χ3v) is 7.43. The van der Waals surface area contributed by atoms with Crippen molar-refractivity contribution in [3.8, 4) is 22.4 Å². The zero-order valence-electron chi connectivity index (χ0n) is 21.7. The van der Waals surface area contributed by atoms with E-state index >= 15 is 0 Å². The molecule has 2 amide bonds. The van der Waals surface area contributed by atoms with Gasteiger partial charge in [0.2, 0.25) is 11.8 Å². The predicted octanol–water partition coefficient (Wildman–Crippen LogP) is 6.05. The Hall–Kier alpha value is -3.65. The lowest BCUT2D eigenvalue weighted by molar-refractivity contribution is -0.130. The van der Waals surface area contributed by atoms with Crippen LogP contribution >= 0.6 is 0 Å². The number of nitrogens with zero attached hydrogens (tertiary/aromatic N) is 2. The van der Waals surface area contributed by atoms with Crippen molar-refractivity contribution in [3.05, 3.63) is 72.4 Å². The molecule has 38 heavy (non-hydrogen) atoms. The number of hydrogen-bond donors (Lipinski definition) is 2. The molecular weight excluding hydrogens is 486 g/mol. The van der Waals surface area contributed by atoms with Gasteiger partial charge in [0.1, 0.15) is 0 Å². The summed E-state index contributed by atoms with van der Waals surface area (Å²) in [7, 11) is 1.84. The van der Waals surface area contributed by atoms with E-state index in [-0.39, 0.29) is 23.8 Å². The van der Waals surface area contributed by atoms with Crippen LogP contribution in [0.3, 0.4) is 0 Å². The standard InChI is InChI=1S/C30H34F2N4O2/c1-19(37)36(2)25-14-8-20(9-15-25)16-27(38)35-24-17-26(21-6-4-3-5-7-21)29(34-18-24)23-12-10-22(11-13-23)28(33)30(31)32/h3-7,10-13,17-18,20,25,28,30H,8-9,14-16,33H2,1-2H3,(H,35,38)/t20-,25-,28-/m0/s1. The third-order valence-electron chi connectivity index (χ3n) is 7.43. The normalized spacial score (nSPS) is 18.2. The predicted molar refractivity (Wildman–Crippen MR) is 145 cm³/mol. The molecule has 1 fully saturated rings. The number of alkyl halides is 2. The van der Waals surface area contributed by atoms with Crippen LogP contribution in [0.2, 0.25) is 0 Å². The van der Waals surface area contributed by atoms with Crippen LogP contribution in [0.15, 0.2) is 66.9 Å². The van der Waals surface area contributed by atoms with Gasteiger partial charge in [-0.2, -0.15) is 0 Å². The summed E-state index contributed by atoms with van der Waals surface area (Å²) >= 11 is 0. The third kappa shape index (κ3) is 6.61. The van der Waals surface area contributed by atoms with E-state index in [0.29, 0.717) is 23.4 Å². The number of carbonyl (C=O) groups excluding carboxylic acids is 2. The second-order valence-electron chi connectivity index (χ2n) is 10.0. The number of benzene rings is 2. The lowest BCUT2D eigenvalue weighted by Crippen LogP contribution is -2.38. The first-order chi connectivity index (χ1) is 18.2. The van der Waals surface area contributed by atoms with Gasteiger partial charge in [0.25, 0.3) is 6.43 Å². The molecule has 8 heteroatoms. The Balaban J connectivity index is 1.49. The van der Waals surface area contributed by atoms with E-state index in [2.05, 4.69) is 10.3 Å². The van der Waals surface area contributed by atoms with Crippen LogP contribution in [-0.4, -0.2) is 41.2 Å². The number of halogens is 2. The number of carbonyl (C=O) groups is 2. The van der Waals surface area contributed by atoms with Gasteiger partial charge >= 0.3 is 0 Å². The molecule has 0 saturated heterocycles. The van der Waals surface area contributed by atoms with E-state index in [1.807, 2.05) is 43.4 Å². The van der Waals surface area contributed by atoms with Crippen LogP contribution in [0.4, 0.5) is 14.5 Å². The molecule has 1 aromatic heterocycles. The Morgan fingerprint density at radius 1 is 1.03 bits per heavy atom. The minimum Gasteiger partial charge on any atom is -0.343 e.